The fraction of sp³-hybridized carbons (Fsp3) is 0.333. The van der Waals surface area contributed by atoms with Gasteiger partial charge in [-0.15, -0.1) is 0 Å². The molecule has 0 spiro atoms. The zero-order valence-electron chi connectivity index (χ0n) is 6.99. The lowest BCUT2D eigenvalue weighted by atomic mass is 10.2. The van der Waals surface area contributed by atoms with E-state index >= 15 is 0 Å². The first kappa shape index (κ1) is 9.03. The molecular weight excluding hydrogens is 154 g/mol. The minimum Gasteiger partial charge on any atom is -0.508 e. The topological polar surface area (TPSA) is 52.5 Å². The number of nitrogens with one attached hydrogen (secondary N) is 1. The van der Waals surface area contributed by atoms with Gasteiger partial charge < -0.3 is 10.2 Å². The van der Waals surface area contributed by atoms with Gasteiger partial charge in [0.2, 0.25) is 0 Å². The maximum Gasteiger partial charge on any atom is 0.115 e. The Morgan fingerprint density at radius 1 is 1.50 bits per heavy atom. The highest BCUT2D eigenvalue weighted by molar-refractivity contribution is 5.26. The van der Waals surface area contributed by atoms with Crippen LogP contribution in [0.25, 0.3) is 0 Å². The number of benzene rings is 1. The molecule has 0 aliphatic carbocycles. The average molecular weight is 167 g/mol. The molecule has 1 atom stereocenters. The summed E-state index contributed by atoms with van der Waals surface area (Å²) < 4.78 is 0. The maximum atomic E-state index is 9.09. The molecule has 3 nitrogen and oxygen atoms in total. The molecule has 1 rings (SSSR count). The summed E-state index contributed by atoms with van der Waals surface area (Å²) in [5.41, 5.74) is 0.955. The molecule has 1 aromatic rings. The third kappa shape index (κ3) is 2.90. The molecule has 0 aliphatic rings. The highest BCUT2D eigenvalue weighted by Gasteiger charge is 1.96. The Morgan fingerprint density at radius 3 is 2.83 bits per heavy atom. The minimum absolute atomic E-state index is 0.250. The molecule has 0 heterocycles. The Labute approximate surface area is 71.7 Å². The highest BCUT2D eigenvalue weighted by atomic mass is 16.3. The van der Waals surface area contributed by atoms with Crippen LogP contribution in [0.1, 0.15) is 12.5 Å². The fourth-order valence-electron chi connectivity index (χ4n) is 0.932. The number of phenolic OH excluding ortho intramolecular Hbond substituents is 1. The summed E-state index contributed by atoms with van der Waals surface area (Å²) in [5, 5.41) is 20.8. The van der Waals surface area contributed by atoms with E-state index in [-0.39, 0.29) is 5.75 Å². The minimum atomic E-state index is -0.521. The molecule has 0 fully saturated rings. The van der Waals surface area contributed by atoms with Crippen LogP contribution in [-0.4, -0.2) is 16.4 Å². The van der Waals surface area contributed by atoms with Gasteiger partial charge in [0.05, 0.1) is 0 Å². The monoisotopic (exact) mass is 167 g/mol. The number of hydrogen-bond donors (Lipinski definition) is 3. The van der Waals surface area contributed by atoms with E-state index in [9.17, 15) is 0 Å². The van der Waals surface area contributed by atoms with Crippen molar-refractivity contribution in [3.8, 4) is 5.75 Å². The van der Waals surface area contributed by atoms with Gasteiger partial charge in [0.15, 0.2) is 0 Å². The molecule has 3 N–H and O–H groups in total. The Kier molecular flexibility index (Phi) is 3.08. The van der Waals surface area contributed by atoms with Crippen LogP contribution in [0.2, 0.25) is 0 Å². The van der Waals surface area contributed by atoms with Crippen LogP contribution >= 0.6 is 0 Å². The molecule has 0 aromatic heterocycles. The van der Waals surface area contributed by atoms with Gasteiger partial charge in [-0.1, -0.05) is 12.1 Å². The van der Waals surface area contributed by atoms with Crippen molar-refractivity contribution >= 4 is 0 Å². The van der Waals surface area contributed by atoms with Crippen LogP contribution in [-0.2, 0) is 6.54 Å². The zero-order chi connectivity index (χ0) is 8.97. The van der Waals surface area contributed by atoms with E-state index in [2.05, 4.69) is 5.32 Å². The summed E-state index contributed by atoms with van der Waals surface area (Å²) in [7, 11) is 0. The molecule has 12 heavy (non-hydrogen) atoms. The van der Waals surface area contributed by atoms with E-state index in [1.807, 2.05) is 6.07 Å². The number of aliphatic hydroxyl groups excluding tert-OH is 1. The van der Waals surface area contributed by atoms with Crippen LogP contribution < -0.4 is 5.32 Å². The molecule has 0 saturated carbocycles. The van der Waals surface area contributed by atoms with Crippen LogP contribution in [0.15, 0.2) is 24.3 Å². The molecule has 0 aliphatic heterocycles. The summed E-state index contributed by atoms with van der Waals surface area (Å²) in [6.07, 6.45) is -0.521. The second kappa shape index (κ2) is 4.09. The lowest BCUT2D eigenvalue weighted by molar-refractivity contribution is 0.155. The Balaban J connectivity index is 2.52. The normalized spacial score (nSPS) is 12.8. The van der Waals surface area contributed by atoms with E-state index in [4.69, 9.17) is 10.2 Å². The molecule has 0 saturated heterocycles. The molecule has 1 aromatic carbocycles. The highest BCUT2D eigenvalue weighted by Crippen LogP contribution is 2.10. The van der Waals surface area contributed by atoms with Gasteiger partial charge >= 0.3 is 0 Å². The Bertz CT molecular complexity index is 248. The number of aromatic hydroxyl groups is 1. The fourth-order valence-corrected chi connectivity index (χ4v) is 0.932. The smallest absolute Gasteiger partial charge is 0.115 e. The Morgan fingerprint density at radius 2 is 2.25 bits per heavy atom. The van der Waals surface area contributed by atoms with Crippen LogP contribution in [0.4, 0.5) is 0 Å². The van der Waals surface area contributed by atoms with Crippen molar-refractivity contribution in [3.05, 3.63) is 29.8 Å². The van der Waals surface area contributed by atoms with E-state index in [0.29, 0.717) is 6.54 Å². The number of rotatable bonds is 3. The molecule has 0 amide bonds. The summed E-state index contributed by atoms with van der Waals surface area (Å²) in [6.45, 7) is 2.22. The number of aliphatic hydroxyl groups is 1. The first-order valence-electron chi connectivity index (χ1n) is 3.88. The second-order valence-corrected chi connectivity index (χ2v) is 2.73. The third-order valence-corrected chi connectivity index (χ3v) is 1.51. The van der Waals surface area contributed by atoms with Gasteiger partial charge in [-0.25, -0.2) is 0 Å². The van der Waals surface area contributed by atoms with Crippen molar-refractivity contribution in [2.45, 2.75) is 19.7 Å². The standard InChI is InChI=1S/C9H13NO2/c1-7(11)10-6-8-3-2-4-9(12)5-8/h2-5,7,10-12H,6H2,1H3. The van der Waals surface area contributed by atoms with E-state index in [1.165, 1.54) is 0 Å². The molecule has 3 heteroatoms. The van der Waals surface area contributed by atoms with Gasteiger partial charge in [-0.05, 0) is 24.6 Å². The van der Waals surface area contributed by atoms with Gasteiger partial charge in [0.1, 0.15) is 12.0 Å². The lowest BCUT2D eigenvalue weighted by Crippen LogP contribution is -2.24. The van der Waals surface area contributed by atoms with E-state index in [0.717, 1.165) is 5.56 Å². The van der Waals surface area contributed by atoms with Crippen molar-refractivity contribution in [2.24, 2.45) is 0 Å². The first-order valence-corrected chi connectivity index (χ1v) is 3.88. The van der Waals surface area contributed by atoms with Gasteiger partial charge in [-0.3, -0.25) is 5.32 Å². The van der Waals surface area contributed by atoms with E-state index in [1.54, 1.807) is 25.1 Å². The number of hydrogen-bond acceptors (Lipinski definition) is 3. The molecule has 0 radical (unpaired) electrons. The first-order chi connectivity index (χ1) is 5.68. The third-order valence-electron chi connectivity index (χ3n) is 1.51. The summed E-state index contributed by atoms with van der Waals surface area (Å²) >= 11 is 0. The van der Waals surface area contributed by atoms with Gasteiger partial charge in [0, 0.05) is 6.54 Å². The summed E-state index contributed by atoms with van der Waals surface area (Å²) in [4.78, 5) is 0. The van der Waals surface area contributed by atoms with Crippen LogP contribution in [0.3, 0.4) is 0 Å². The molecule has 0 bridgehead atoms. The number of phenols is 1. The predicted molar refractivity (Wildman–Crippen MR) is 46.6 cm³/mol. The zero-order valence-corrected chi connectivity index (χ0v) is 6.99. The average Bonchev–Trinajstić information content (AvgIpc) is 2.01. The SMILES string of the molecule is CC(O)NCc1cccc(O)c1. The maximum absolute atomic E-state index is 9.09. The summed E-state index contributed by atoms with van der Waals surface area (Å²) in [5.74, 6) is 0.250. The van der Waals surface area contributed by atoms with Gasteiger partial charge in [0.25, 0.3) is 0 Å². The van der Waals surface area contributed by atoms with E-state index < -0.39 is 6.23 Å². The van der Waals surface area contributed by atoms with Crippen molar-refractivity contribution in [1.29, 1.82) is 0 Å². The van der Waals surface area contributed by atoms with Crippen LogP contribution in [0, 0.1) is 0 Å². The van der Waals surface area contributed by atoms with Crippen molar-refractivity contribution in [2.75, 3.05) is 0 Å². The van der Waals surface area contributed by atoms with Crippen molar-refractivity contribution in [1.82, 2.24) is 5.32 Å². The van der Waals surface area contributed by atoms with Crippen molar-refractivity contribution < 1.29 is 10.2 Å². The Hall–Kier alpha value is -1.06. The molecule has 66 valence electrons. The molecular formula is C9H13NO2. The summed E-state index contributed by atoms with van der Waals surface area (Å²) in [6, 6.07) is 6.94. The van der Waals surface area contributed by atoms with Crippen molar-refractivity contribution in [3.63, 3.8) is 0 Å². The molecule has 1 unspecified atom stereocenters. The second-order valence-electron chi connectivity index (χ2n) is 2.73. The quantitative estimate of drug-likeness (QED) is 0.584. The largest absolute Gasteiger partial charge is 0.508 e. The lowest BCUT2D eigenvalue weighted by Gasteiger charge is -2.06. The van der Waals surface area contributed by atoms with Gasteiger partial charge in [-0.2, -0.15) is 0 Å². The predicted octanol–water partition coefficient (Wildman–Crippen LogP) is 0.820. The van der Waals surface area contributed by atoms with Crippen LogP contribution in [0.5, 0.6) is 5.75 Å².